The molecule has 0 spiro atoms. The largest absolute Gasteiger partial charge is 0.356 e. The quantitative estimate of drug-likeness (QED) is 0.282. The molecule has 0 aromatic heterocycles. The van der Waals surface area contributed by atoms with Gasteiger partial charge < -0.3 is 15.5 Å². The van der Waals surface area contributed by atoms with Gasteiger partial charge in [0.1, 0.15) is 5.82 Å². The van der Waals surface area contributed by atoms with Crippen LogP contribution in [0.2, 0.25) is 0 Å². The van der Waals surface area contributed by atoms with Crippen LogP contribution in [0.25, 0.3) is 0 Å². The van der Waals surface area contributed by atoms with Crippen LogP contribution in [-0.4, -0.2) is 44.1 Å². The van der Waals surface area contributed by atoms with Gasteiger partial charge in [0.2, 0.25) is 0 Å². The van der Waals surface area contributed by atoms with Crippen LogP contribution in [0.1, 0.15) is 38.2 Å². The molecule has 0 aliphatic carbocycles. The normalized spacial score (nSPS) is 16.4. The maximum atomic E-state index is 13.6. The molecule has 1 aliphatic rings. The number of benzene rings is 1. The highest BCUT2D eigenvalue weighted by Gasteiger charge is 2.14. The highest BCUT2D eigenvalue weighted by Crippen LogP contribution is 2.16. The van der Waals surface area contributed by atoms with E-state index in [1.807, 2.05) is 6.07 Å². The maximum Gasteiger partial charge on any atom is 0.191 e. The second kappa shape index (κ2) is 12.5. The first-order valence-electron chi connectivity index (χ1n) is 9.09. The number of nitrogens with one attached hydrogen (secondary N) is 2. The van der Waals surface area contributed by atoms with E-state index in [0.29, 0.717) is 12.1 Å². The van der Waals surface area contributed by atoms with Gasteiger partial charge in [0.15, 0.2) is 5.96 Å². The zero-order valence-corrected chi connectivity index (χ0v) is 17.8. The third-order valence-electron chi connectivity index (χ3n) is 4.70. The molecule has 0 bridgehead atoms. The van der Waals surface area contributed by atoms with Crippen LogP contribution in [-0.2, 0) is 6.54 Å². The zero-order valence-electron chi connectivity index (χ0n) is 15.4. The number of halogens is 2. The summed E-state index contributed by atoms with van der Waals surface area (Å²) < 4.78 is 13.6. The van der Waals surface area contributed by atoms with Gasteiger partial charge in [-0.2, -0.15) is 0 Å². The molecular formula is C19H32FIN4. The fourth-order valence-corrected chi connectivity index (χ4v) is 2.99. The Balaban J connectivity index is 0.00000312. The van der Waals surface area contributed by atoms with Crippen molar-refractivity contribution in [3.05, 3.63) is 35.6 Å². The van der Waals surface area contributed by atoms with Crippen LogP contribution in [0.5, 0.6) is 0 Å². The van der Waals surface area contributed by atoms with Crippen molar-refractivity contribution < 1.29 is 4.39 Å². The van der Waals surface area contributed by atoms with Crippen LogP contribution >= 0.6 is 24.0 Å². The molecule has 1 aromatic carbocycles. The van der Waals surface area contributed by atoms with E-state index < -0.39 is 0 Å². The number of hydrogen-bond donors (Lipinski definition) is 2. The van der Waals surface area contributed by atoms with E-state index in [9.17, 15) is 4.39 Å². The third-order valence-corrected chi connectivity index (χ3v) is 4.70. The predicted octanol–water partition coefficient (Wildman–Crippen LogP) is 3.62. The Morgan fingerprint density at radius 3 is 2.60 bits per heavy atom. The Bertz CT molecular complexity index is 516. The molecule has 25 heavy (non-hydrogen) atoms. The number of nitrogens with zero attached hydrogens (tertiary/aromatic N) is 2. The summed E-state index contributed by atoms with van der Waals surface area (Å²) in [6.07, 6.45) is 4.99. The molecule has 1 aromatic rings. The van der Waals surface area contributed by atoms with Gasteiger partial charge in [-0.25, -0.2) is 4.39 Å². The average molecular weight is 462 g/mol. The van der Waals surface area contributed by atoms with Crippen molar-refractivity contribution >= 4 is 29.9 Å². The van der Waals surface area contributed by atoms with Crippen LogP contribution in [0.4, 0.5) is 4.39 Å². The molecule has 0 atom stereocenters. The summed E-state index contributed by atoms with van der Waals surface area (Å²) in [6.45, 7) is 7.37. The van der Waals surface area contributed by atoms with Crippen LogP contribution in [0.3, 0.4) is 0 Å². The molecule has 0 saturated carbocycles. The number of guanidine groups is 1. The standard InChI is InChI=1S/C19H31FN4.HI/c1-16-9-13-24(14-10-16)12-6-5-11-22-19(21-2)23-15-17-7-3-4-8-18(17)20;/h3-4,7-8,16H,5-6,9-15H2,1-2H3,(H2,21,22,23);1H. The highest BCUT2D eigenvalue weighted by molar-refractivity contribution is 14.0. The smallest absolute Gasteiger partial charge is 0.191 e. The monoisotopic (exact) mass is 462 g/mol. The summed E-state index contributed by atoms with van der Waals surface area (Å²) in [5.74, 6) is 1.44. The van der Waals surface area contributed by atoms with Gasteiger partial charge in [0, 0.05) is 25.7 Å². The second-order valence-corrected chi connectivity index (χ2v) is 6.68. The first-order valence-corrected chi connectivity index (χ1v) is 9.09. The van der Waals surface area contributed by atoms with Gasteiger partial charge in [-0.1, -0.05) is 25.1 Å². The van der Waals surface area contributed by atoms with E-state index in [2.05, 4.69) is 27.4 Å². The number of piperidine rings is 1. The summed E-state index contributed by atoms with van der Waals surface area (Å²) in [6, 6.07) is 6.82. The fraction of sp³-hybridized carbons (Fsp3) is 0.632. The molecule has 6 heteroatoms. The van der Waals surface area contributed by atoms with Gasteiger partial charge in [0.25, 0.3) is 0 Å². The van der Waals surface area contributed by atoms with E-state index in [1.54, 1.807) is 19.2 Å². The number of hydrogen-bond acceptors (Lipinski definition) is 2. The van der Waals surface area contributed by atoms with Crippen molar-refractivity contribution in [3.8, 4) is 0 Å². The molecule has 1 aliphatic heterocycles. The van der Waals surface area contributed by atoms with Crippen molar-refractivity contribution in [3.63, 3.8) is 0 Å². The Morgan fingerprint density at radius 1 is 1.20 bits per heavy atom. The highest BCUT2D eigenvalue weighted by atomic mass is 127. The van der Waals surface area contributed by atoms with Gasteiger partial charge in [0.05, 0.1) is 0 Å². The lowest BCUT2D eigenvalue weighted by Crippen LogP contribution is -2.38. The molecule has 4 nitrogen and oxygen atoms in total. The van der Waals surface area contributed by atoms with E-state index >= 15 is 0 Å². The van der Waals surface area contributed by atoms with Crippen molar-refractivity contribution in [2.24, 2.45) is 10.9 Å². The number of likely N-dealkylation sites (tertiary alicyclic amines) is 1. The number of aliphatic imine (C=N–C) groups is 1. The molecule has 1 heterocycles. The van der Waals surface area contributed by atoms with Crippen LogP contribution in [0.15, 0.2) is 29.3 Å². The summed E-state index contributed by atoms with van der Waals surface area (Å²) in [7, 11) is 1.74. The lowest BCUT2D eigenvalue weighted by molar-refractivity contribution is 0.189. The molecule has 2 rings (SSSR count). The maximum absolute atomic E-state index is 13.6. The Kier molecular flexibility index (Phi) is 11.0. The molecule has 0 amide bonds. The topological polar surface area (TPSA) is 39.7 Å². The molecule has 0 unspecified atom stereocenters. The lowest BCUT2D eigenvalue weighted by Gasteiger charge is -2.30. The molecule has 0 radical (unpaired) electrons. The van der Waals surface area contributed by atoms with Gasteiger partial charge in [-0.15, -0.1) is 24.0 Å². The summed E-state index contributed by atoms with van der Waals surface area (Å²) in [5, 5.41) is 6.46. The van der Waals surface area contributed by atoms with Crippen molar-refractivity contribution in [2.75, 3.05) is 33.2 Å². The molecule has 2 N–H and O–H groups in total. The number of unbranched alkanes of at least 4 members (excludes halogenated alkanes) is 1. The Labute approximate surface area is 168 Å². The van der Waals surface area contributed by atoms with Gasteiger partial charge >= 0.3 is 0 Å². The van der Waals surface area contributed by atoms with Crippen molar-refractivity contribution in [1.29, 1.82) is 0 Å². The summed E-state index contributed by atoms with van der Waals surface area (Å²) in [4.78, 5) is 6.76. The van der Waals surface area contributed by atoms with E-state index in [-0.39, 0.29) is 29.8 Å². The van der Waals surface area contributed by atoms with Gasteiger partial charge in [-0.05, 0) is 57.3 Å². The summed E-state index contributed by atoms with van der Waals surface area (Å²) in [5.41, 5.74) is 0.653. The SMILES string of the molecule is CN=C(NCCCCN1CCC(C)CC1)NCc1ccccc1F.I. The first kappa shape index (κ1) is 22.2. The van der Waals surface area contributed by atoms with Crippen LogP contribution in [0, 0.1) is 11.7 Å². The molecule has 1 saturated heterocycles. The van der Waals surface area contributed by atoms with E-state index in [4.69, 9.17) is 0 Å². The fourth-order valence-electron chi connectivity index (χ4n) is 2.99. The Morgan fingerprint density at radius 2 is 1.92 bits per heavy atom. The molecule has 1 fully saturated rings. The minimum Gasteiger partial charge on any atom is -0.356 e. The van der Waals surface area contributed by atoms with Crippen LogP contribution < -0.4 is 10.6 Å². The summed E-state index contributed by atoms with van der Waals surface area (Å²) >= 11 is 0. The minimum atomic E-state index is -0.184. The zero-order chi connectivity index (χ0) is 17.2. The lowest BCUT2D eigenvalue weighted by atomic mass is 9.99. The Hall–Kier alpha value is -0.890. The first-order chi connectivity index (χ1) is 11.7. The predicted molar refractivity (Wildman–Crippen MR) is 114 cm³/mol. The van der Waals surface area contributed by atoms with Crippen molar-refractivity contribution in [1.82, 2.24) is 15.5 Å². The van der Waals surface area contributed by atoms with E-state index in [1.165, 1.54) is 45.0 Å². The molecular weight excluding hydrogens is 430 g/mol. The molecule has 142 valence electrons. The van der Waals surface area contributed by atoms with Gasteiger partial charge in [-0.3, -0.25) is 4.99 Å². The number of rotatable bonds is 7. The third kappa shape index (κ3) is 8.35. The second-order valence-electron chi connectivity index (χ2n) is 6.68. The minimum absolute atomic E-state index is 0. The van der Waals surface area contributed by atoms with E-state index in [0.717, 1.165) is 24.8 Å². The average Bonchev–Trinajstić information content (AvgIpc) is 2.60. The van der Waals surface area contributed by atoms with Crippen molar-refractivity contribution in [2.45, 2.75) is 39.2 Å².